The Morgan fingerprint density at radius 2 is 2.14 bits per heavy atom. The van der Waals surface area contributed by atoms with Crippen LogP contribution in [0.3, 0.4) is 0 Å². The van der Waals surface area contributed by atoms with Gasteiger partial charge < -0.3 is 9.84 Å². The molecule has 1 spiro atoms. The number of esters is 1. The van der Waals surface area contributed by atoms with E-state index in [1.807, 2.05) is 6.92 Å². The number of aliphatic hydroxyl groups is 1. The number of rotatable bonds is 1. The summed E-state index contributed by atoms with van der Waals surface area (Å²) in [6.45, 7) is 2.03. The summed E-state index contributed by atoms with van der Waals surface area (Å²) in [5.41, 5.74) is -0.211. The van der Waals surface area contributed by atoms with Gasteiger partial charge in [-0.1, -0.05) is 6.92 Å². The summed E-state index contributed by atoms with van der Waals surface area (Å²) in [6, 6.07) is 0. The molecule has 1 saturated carbocycles. The van der Waals surface area contributed by atoms with E-state index in [0.29, 0.717) is 0 Å². The molecule has 1 heterocycles. The van der Waals surface area contributed by atoms with E-state index in [9.17, 15) is 9.90 Å². The molecule has 3 heteroatoms. The summed E-state index contributed by atoms with van der Waals surface area (Å²) < 4.78 is 5.49. The van der Waals surface area contributed by atoms with Crippen LogP contribution < -0.4 is 0 Å². The van der Waals surface area contributed by atoms with Gasteiger partial charge in [0.05, 0.1) is 12.0 Å². The Bertz CT molecular complexity index is 229. The van der Waals surface area contributed by atoms with Crippen LogP contribution in [0.1, 0.15) is 45.4 Å². The van der Waals surface area contributed by atoms with Gasteiger partial charge in [-0.15, -0.1) is 0 Å². The Morgan fingerprint density at radius 3 is 2.64 bits per heavy atom. The van der Waals surface area contributed by atoms with Crippen LogP contribution in [-0.2, 0) is 9.53 Å². The van der Waals surface area contributed by atoms with Gasteiger partial charge in [-0.25, -0.2) is 0 Å². The normalized spacial score (nSPS) is 42.9. The highest BCUT2D eigenvalue weighted by molar-refractivity contribution is 5.75. The summed E-state index contributed by atoms with van der Waals surface area (Å²) >= 11 is 0. The molecule has 0 bridgehead atoms. The van der Waals surface area contributed by atoms with Crippen LogP contribution in [0.15, 0.2) is 0 Å². The molecule has 80 valence electrons. The third-order valence-electron chi connectivity index (χ3n) is 3.63. The van der Waals surface area contributed by atoms with E-state index in [1.165, 1.54) is 0 Å². The Hall–Kier alpha value is -0.570. The fourth-order valence-electron chi connectivity index (χ4n) is 2.62. The Morgan fingerprint density at radius 1 is 1.50 bits per heavy atom. The summed E-state index contributed by atoms with van der Waals surface area (Å²) in [5.74, 6) is 0.0779. The summed E-state index contributed by atoms with van der Waals surface area (Å²) in [5, 5.41) is 9.40. The van der Waals surface area contributed by atoms with E-state index >= 15 is 0 Å². The maximum Gasteiger partial charge on any atom is 0.309 e. The van der Waals surface area contributed by atoms with Gasteiger partial charge in [-0.3, -0.25) is 4.79 Å². The van der Waals surface area contributed by atoms with Gasteiger partial charge in [0, 0.05) is 6.42 Å². The van der Waals surface area contributed by atoms with Crippen molar-refractivity contribution in [2.75, 3.05) is 0 Å². The van der Waals surface area contributed by atoms with Gasteiger partial charge >= 0.3 is 5.97 Å². The molecule has 0 amide bonds. The SMILES string of the molecule is CCC1CC2(CCC(O)CC2)OC1=O. The molecule has 1 unspecified atom stereocenters. The number of carbonyl (C=O) groups is 1. The predicted molar refractivity (Wildman–Crippen MR) is 51.7 cm³/mol. The van der Waals surface area contributed by atoms with Crippen LogP contribution in [-0.4, -0.2) is 22.8 Å². The van der Waals surface area contributed by atoms with E-state index in [-0.39, 0.29) is 23.6 Å². The largest absolute Gasteiger partial charge is 0.459 e. The molecule has 0 radical (unpaired) electrons. The van der Waals surface area contributed by atoms with Gasteiger partial charge in [-0.05, 0) is 32.1 Å². The van der Waals surface area contributed by atoms with Gasteiger partial charge in [-0.2, -0.15) is 0 Å². The molecule has 1 atom stereocenters. The molecule has 1 N–H and O–H groups in total. The van der Waals surface area contributed by atoms with E-state index in [2.05, 4.69) is 0 Å². The highest BCUT2D eigenvalue weighted by Crippen LogP contribution is 2.43. The lowest BCUT2D eigenvalue weighted by Gasteiger charge is -2.33. The van der Waals surface area contributed by atoms with E-state index < -0.39 is 0 Å². The van der Waals surface area contributed by atoms with Crippen molar-refractivity contribution in [3.8, 4) is 0 Å². The summed E-state index contributed by atoms with van der Waals surface area (Å²) in [6.07, 6.45) is 4.82. The first kappa shape index (κ1) is 9.97. The fraction of sp³-hybridized carbons (Fsp3) is 0.909. The third kappa shape index (κ3) is 1.65. The fourth-order valence-corrected chi connectivity index (χ4v) is 2.62. The molecule has 3 nitrogen and oxygen atoms in total. The molecular weight excluding hydrogens is 180 g/mol. The van der Waals surface area contributed by atoms with Crippen molar-refractivity contribution >= 4 is 5.97 Å². The lowest BCUT2D eigenvalue weighted by atomic mass is 9.79. The first-order valence-electron chi connectivity index (χ1n) is 5.56. The first-order valence-corrected chi connectivity index (χ1v) is 5.56. The Balaban J connectivity index is 2.02. The first-order chi connectivity index (χ1) is 6.65. The predicted octanol–water partition coefficient (Wildman–Crippen LogP) is 1.63. The second-order valence-electron chi connectivity index (χ2n) is 4.64. The van der Waals surface area contributed by atoms with Crippen molar-refractivity contribution in [3.63, 3.8) is 0 Å². The monoisotopic (exact) mass is 198 g/mol. The average Bonchev–Trinajstić information content (AvgIpc) is 2.49. The quantitative estimate of drug-likeness (QED) is 0.651. The smallest absolute Gasteiger partial charge is 0.309 e. The molecule has 2 fully saturated rings. The van der Waals surface area contributed by atoms with Gasteiger partial charge in [0.2, 0.25) is 0 Å². The van der Waals surface area contributed by atoms with Crippen molar-refractivity contribution in [2.24, 2.45) is 5.92 Å². The standard InChI is InChI=1S/C11H18O3/c1-2-8-7-11(14-10(8)13)5-3-9(12)4-6-11/h8-9,12H,2-7H2,1H3. The molecule has 1 saturated heterocycles. The molecule has 1 aliphatic carbocycles. The molecule has 0 aromatic rings. The molecule has 2 rings (SSSR count). The van der Waals surface area contributed by atoms with Gasteiger partial charge in [0.15, 0.2) is 0 Å². The Kier molecular flexibility index (Phi) is 2.52. The van der Waals surface area contributed by atoms with E-state index in [1.54, 1.807) is 0 Å². The maximum absolute atomic E-state index is 11.5. The van der Waals surface area contributed by atoms with Crippen molar-refractivity contribution in [1.82, 2.24) is 0 Å². The number of hydrogen-bond acceptors (Lipinski definition) is 3. The number of hydrogen-bond donors (Lipinski definition) is 1. The number of carbonyl (C=O) groups excluding carboxylic acids is 1. The van der Waals surface area contributed by atoms with Crippen molar-refractivity contribution in [1.29, 1.82) is 0 Å². The van der Waals surface area contributed by atoms with Crippen molar-refractivity contribution in [2.45, 2.75) is 57.2 Å². The van der Waals surface area contributed by atoms with Crippen LogP contribution in [0.25, 0.3) is 0 Å². The minimum absolute atomic E-state index is 0.0242. The molecule has 2 aliphatic rings. The highest BCUT2D eigenvalue weighted by Gasteiger charge is 2.47. The zero-order valence-corrected chi connectivity index (χ0v) is 8.66. The minimum atomic E-state index is -0.211. The van der Waals surface area contributed by atoms with Gasteiger partial charge in [0.25, 0.3) is 0 Å². The highest BCUT2D eigenvalue weighted by atomic mass is 16.6. The van der Waals surface area contributed by atoms with Crippen LogP contribution in [0, 0.1) is 5.92 Å². The average molecular weight is 198 g/mol. The molecule has 14 heavy (non-hydrogen) atoms. The summed E-state index contributed by atoms with van der Waals surface area (Å²) in [7, 11) is 0. The van der Waals surface area contributed by atoms with Crippen molar-refractivity contribution in [3.05, 3.63) is 0 Å². The van der Waals surface area contributed by atoms with Gasteiger partial charge in [0.1, 0.15) is 5.60 Å². The molecular formula is C11H18O3. The minimum Gasteiger partial charge on any atom is -0.459 e. The lowest BCUT2D eigenvalue weighted by Crippen LogP contribution is -2.35. The van der Waals surface area contributed by atoms with E-state index in [4.69, 9.17) is 4.74 Å². The van der Waals surface area contributed by atoms with Crippen molar-refractivity contribution < 1.29 is 14.6 Å². The van der Waals surface area contributed by atoms with E-state index in [0.717, 1.165) is 38.5 Å². The molecule has 0 aromatic carbocycles. The molecule has 0 aromatic heterocycles. The maximum atomic E-state index is 11.5. The van der Waals surface area contributed by atoms with Crippen LogP contribution in [0.5, 0.6) is 0 Å². The van der Waals surface area contributed by atoms with Crippen LogP contribution in [0.2, 0.25) is 0 Å². The third-order valence-corrected chi connectivity index (χ3v) is 3.63. The zero-order chi connectivity index (χ0) is 10.2. The van der Waals surface area contributed by atoms with Crippen LogP contribution >= 0.6 is 0 Å². The Labute approximate surface area is 84.4 Å². The second kappa shape index (κ2) is 3.54. The zero-order valence-electron chi connectivity index (χ0n) is 8.66. The molecule has 1 aliphatic heterocycles. The van der Waals surface area contributed by atoms with Crippen LogP contribution in [0.4, 0.5) is 0 Å². The lowest BCUT2D eigenvalue weighted by molar-refractivity contribution is -0.154. The summed E-state index contributed by atoms with van der Waals surface area (Å²) in [4.78, 5) is 11.5. The number of ether oxygens (including phenoxy) is 1. The topological polar surface area (TPSA) is 46.5 Å². The number of aliphatic hydroxyl groups excluding tert-OH is 1. The second-order valence-corrected chi connectivity index (χ2v) is 4.64.